The van der Waals surface area contributed by atoms with Gasteiger partial charge in [0.2, 0.25) is 5.91 Å². The van der Waals surface area contributed by atoms with Crippen molar-refractivity contribution in [1.82, 2.24) is 10.3 Å². The van der Waals surface area contributed by atoms with Crippen molar-refractivity contribution in [2.24, 2.45) is 5.92 Å². The first-order valence-electron chi connectivity index (χ1n) is 5.21. The van der Waals surface area contributed by atoms with E-state index in [0.29, 0.717) is 5.82 Å². The number of nitrogens with zero attached hydrogens (tertiary/aromatic N) is 1. The SMILES string of the molecule is Cc1cccc(NC(=O)C2CCNC2)n1. The fraction of sp³-hybridized carbons (Fsp3) is 0.455. The second-order valence-electron chi connectivity index (χ2n) is 3.84. The van der Waals surface area contributed by atoms with Crippen LogP contribution < -0.4 is 10.6 Å². The first kappa shape index (κ1) is 10.1. The number of anilines is 1. The normalized spacial score (nSPS) is 20.2. The van der Waals surface area contributed by atoms with Gasteiger partial charge in [0.1, 0.15) is 5.82 Å². The third-order valence-electron chi connectivity index (χ3n) is 2.57. The molecule has 80 valence electrons. The predicted molar refractivity (Wildman–Crippen MR) is 58.6 cm³/mol. The average molecular weight is 205 g/mol. The molecule has 2 heterocycles. The molecule has 1 aromatic heterocycles. The van der Waals surface area contributed by atoms with Gasteiger partial charge in [-0.1, -0.05) is 6.07 Å². The van der Waals surface area contributed by atoms with Crippen LogP contribution in [0, 0.1) is 12.8 Å². The summed E-state index contributed by atoms with van der Waals surface area (Å²) >= 11 is 0. The molecule has 1 fully saturated rings. The van der Waals surface area contributed by atoms with Crippen LogP contribution in [-0.2, 0) is 4.79 Å². The molecule has 0 aliphatic carbocycles. The summed E-state index contributed by atoms with van der Waals surface area (Å²) in [5.74, 6) is 0.803. The molecule has 15 heavy (non-hydrogen) atoms. The maximum Gasteiger partial charge on any atom is 0.229 e. The predicted octanol–water partition coefficient (Wildman–Crippen LogP) is 0.938. The van der Waals surface area contributed by atoms with Gasteiger partial charge in [0, 0.05) is 12.2 Å². The van der Waals surface area contributed by atoms with Crippen LogP contribution in [0.3, 0.4) is 0 Å². The summed E-state index contributed by atoms with van der Waals surface area (Å²) in [5, 5.41) is 6.00. The molecule has 1 amide bonds. The number of hydrogen-bond donors (Lipinski definition) is 2. The lowest BCUT2D eigenvalue weighted by molar-refractivity contribution is -0.119. The molecule has 0 spiro atoms. The van der Waals surface area contributed by atoms with E-state index in [0.717, 1.165) is 25.2 Å². The van der Waals surface area contributed by atoms with E-state index in [2.05, 4.69) is 15.6 Å². The molecule has 0 bridgehead atoms. The van der Waals surface area contributed by atoms with Crippen molar-refractivity contribution in [1.29, 1.82) is 0 Å². The molecule has 1 saturated heterocycles. The fourth-order valence-corrected chi connectivity index (χ4v) is 1.72. The second-order valence-corrected chi connectivity index (χ2v) is 3.84. The minimum absolute atomic E-state index is 0.0677. The van der Waals surface area contributed by atoms with Crippen molar-refractivity contribution in [3.63, 3.8) is 0 Å². The van der Waals surface area contributed by atoms with E-state index in [4.69, 9.17) is 0 Å². The van der Waals surface area contributed by atoms with Crippen LogP contribution in [0.1, 0.15) is 12.1 Å². The highest BCUT2D eigenvalue weighted by Gasteiger charge is 2.22. The van der Waals surface area contributed by atoms with Gasteiger partial charge >= 0.3 is 0 Å². The Morgan fingerprint density at radius 1 is 1.60 bits per heavy atom. The number of aryl methyl sites for hydroxylation is 1. The van der Waals surface area contributed by atoms with Crippen LogP contribution in [0.4, 0.5) is 5.82 Å². The molecule has 1 aromatic rings. The summed E-state index contributed by atoms with van der Waals surface area (Å²) in [7, 11) is 0. The molecular weight excluding hydrogens is 190 g/mol. The Morgan fingerprint density at radius 3 is 3.13 bits per heavy atom. The second kappa shape index (κ2) is 4.40. The van der Waals surface area contributed by atoms with Crippen LogP contribution in [0.25, 0.3) is 0 Å². The van der Waals surface area contributed by atoms with E-state index < -0.39 is 0 Å². The smallest absolute Gasteiger partial charge is 0.229 e. The van der Waals surface area contributed by atoms with Crippen molar-refractivity contribution in [3.8, 4) is 0 Å². The van der Waals surface area contributed by atoms with Crippen molar-refractivity contribution < 1.29 is 4.79 Å². The molecule has 2 rings (SSSR count). The molecule has 2 N–H and O–H groups in total. The quantitative estimate of drug-likeness (QED) is 0.755. The monoisotopic (exact) mass is 205 g/mol. The van der Waals surface area contributed by atoms with E-state index in [9.17, 15) is 4.79 Å². The van der Waals surface area contributed by atoms with E-state index in [1.807, 2.05) is 25.1 Å². The van der Waals surface area contributed by atoms with Gasteiger partial charge in [-0.25, -0.2) is 4.98 Å². The van der Waals surface area contributed by atoms with Gasteiger partial charge in [-0.05, 0) is 32.0 Å². The zero-order valence-electron chi connectivity index (χ0n) is 8.79. The lowest BCUT2D eigenvalue weighted by Gasteiger charge is -2.09. The fourth-order valence-electron chi connectivity index (χ4n) is 1.72. The number of hydrogen-bond acceptors (Lipinski definition) is 3. The summed E-state index contributed by atoms with van der Waals surface area (Å²) in [6.07, 6.45) is 0.914. The molecule has 1 unspecified atom stereocenters. The van der Waals surface area contributed by atoms with Gasteiger partial charge in [-0.2, -0.15) is 0 Å². The number of rotatable bonds is 2. The van der Waals surface area contributed by atoms with Crippen molar-refractivity contribution in [2.45, 2.75) is 13.3 Å². The Bertz CT molecular complexity index is 359. The summed E-state index contributed by atoms with van der Waals surface area (Å²) in [6.45, 7) is 3.61. The Kier molecular flexibility index (Phi) is 2.97. The maximum absolute atomic E-state index is 11.7. The minimum atomic E-state index is 0.0677. The Balaban J connectivity index is 1.99. The van der Waals surface area contributed by atoms with E-state index in [1.54, 1.807) is 0 Å². The molecule has 0 radical (unpaired) electrons. The van der Waals surface area contributed by atoms with E-state index in [1.165, 1.54) is 0 Å². The number of nitrogens with one attached hydrogen (secondary N) is 2. The molecule has 0 saturated carbocycles. The number of pyridine rings is 1. The standard InChI is InChI=1S/C11H15N3O/c1-8-3-2-4-10(13-8)14-11(15)9-5-6-12-7-9/h2-4,9,12H,5-7H2,1H3,(H,13,14,15). The zero-order valence-corrected chi connectivity index (χ0v) is 8.79. The lowest BCUT2D eigenvalue weighted by atomic mass is 10.1. The first-order valence-corrected chi connectivity index (χ1v) is 5.21. The van der Waals surface area contributed by atoms with E-state index in [-0.39, 0.29) is 11.8 Å². The molecular formula is C11H15N3O. The lowest BCUT2D eigenvalue weighted by Crippen LogP contribution is -2.25. The third kappa shape index (κ3) is 2.53. The Labute approximate surface area is 89.1 Å². The van der Waals surface area contributed by atoms with Crippen LogP contribution in [0.5, 0.6) is 0 Å². The summed E-state index contributed by atoms with van der Waals surface area (Å²) in [4.78, 5) is 16.0. The molecule has 1 atom stereocenters. The van der Waals surface area contributed by atoms with Gasteiger partial charge in [-0.15, -0.1) is 0 Å². The van der Waals surface area contributed by atoms with E-state index >= 15 is 0 Å². The van der Waals surface area contributed by atoms with Gasteiger partial charge in [0.05, 0.1) is 5.92 Å². The molecule has 1 aliphatic heterocycles. The van der Waals surface area contributed by atoms with Crippen molar-refractivity contribution >= 4 is 11.7 Å². The molecule has 1 aliphatic rings. The molecule has 4 heteroatoms. The topological polar surface area (TPSA) is 54.0 Å². The number of carbonyl (C=O) groups excluding carboxylic acids is 1. The summed E-state index contributed by atoms with van der Waals surface area (Å²) in [5.41, 5.74) is 0.914. The van der Waals surface area contributed by atoms with Crippen molar-refractivity contribution in [2.75, 3.05) is 18.4 Å². The highest BCUT2D eigenvalue weighted by atomic mass is 16.2. The van der Waals surface area contributed by atoms with Crippen LogP contribution in [0.2, 0.25) is 0 Å². The summed E-state index contributed by atoms with van der Waals surface area (Å²) in [6, 6.07) is 5.62. The Hall–Kier alpha value is -1.42. The zero-order chi connectivity index (χ0) is 10.7. The Morgan fingerprint density at radius 2 is 2.47 bits per heavy atom. The minimum Gasteiger partial charge on any atom is -0.316 e. The van der Waals surface area contributed by atoms with Gasteiger partial charge in [0.25, 0.3) is 0 Å². The van der Waals surface area contributed by atoms with Crippen LogP contribution in [-0.4, -0.2) is 24.0 Å². The largest absolute Gasteiger partial charge is 0.316 e. The first-order chi connectivity index (χ1) is 7.25. The number of carbonyl (C=O) groups is 1. The number of amides is 1. The van der Waals surface area contributed by atoms with Gasteiger partial charge in [0.15, 0.2) is 0 Å². The van der Waals surface area contributed by atoms with Gasteiger partial charge < -0.3 is 10.6 Å². The number of aromatic nitrogens is 1. The van der Waals surface area contributed by atoms with Crippen molar-refractivity contribution in [3.05, 3.63) is 23.9 Å². The van der Waals surface area contributed by atoms with Crippen LogP contribution in [0.15, 0.2) is 18.2 Å². The summed E-state index contributed by atoms with van der Waals surface area (Å²) < 4.78 is 0. The maximum atomic E-state index is 11.7. The highest BCUT2D eigenvalue weighted by molar-refractivity contribution is 5.92. The molecule has 0 aromatic carbocycles. The van der Waals surface area contributed by atoms with Crippen LogP contribution >= 0.6 is 0 Å². The molecule has 4 nitrogen and oxygen atoms in total. The highest BCUT2D eigenvalue weighted by Crippen LogP contribution is 2.11. The van der Waals surface area contributed by atoms with Gasteiger partial charge in [-0.3, -0.25) is 4.79 Å². The average Bonchev–Trinajstić information content (AvgIpc) is 2.70. The third-order valence-corrected chi connectivity index (χ3v) is 2.57.